The summed E-state index contributed by atoms with van der Waals surface area (Å²) in [6.07, 6.45) is 0.652. The number of rotatable bonds is 7. The van der Waals surface area contributed by atoms with Crippen molar-refractivity contribution in [2.24, 2.45) is 0 Å². The predicted octanol–water partition coefficient (Wildman–Crippen LogP) is 1.95. The fourth-order valence-electron chi connectivity index (χ4n) is 1.80. The van der Waals surface area contributed by atoms with E-state index < -0.39 is 0 Å². The van der Waals surface area contributed by atoms with Gasteiger partial charge in [-0.05, 0) is 38.5 Å². The zero-order valence-corrected chi connectivity index (χ0v) is 12.7. The van der Waals surface area contributed by atoms with Crippen LogP contribution in [0.2, 0.25) is 5.02 Å². The number of nitrogen functional groups attached to an aromatic ring is 1. The molecule has 1 amide bonds. The highest BCUT2D eigenvalue weighted by atomic mass is 35.5. The van der Waals surface area contributed by atoms with E-state index in [-0.39, 0.29) is 25.1 Å². The Morgan fingerprint density at radius 1 is 1.50 bits per heavy atom. The first-order valence-electron chi connectivity index (χ1n) is 6.63. The maximum Gasteiger partial charge on any atom is 0.238 e. The maximum absolute atomic E-state index is 12.0. The molecule has 1 aromatic rings. The van der Waals surface area contributed by atoms with E-state index in [1.807, 2.05) is 18.7 Å². The number of benzene rings is 1. The lowest BCUT2D eigenvalue weighted by atomic mass is 10.2. The van der Waals surface area contributed by atoms with Crippen molar-refractivity contribution in [2.45, 2.75) is 26.3 Å². The fraction of sp³-hybridized carbons (Fsp3) is 0.500. The van der Waals surface area contributed by atoms with Gasteiger partial charge >= 0.3 is 0 Å². The van der Waals surface area contributed by atoms with Crippen LogP contribution in [0.5, 0.6) is 0 Å². The van der Waals surface area contributed by atoms with Crippen molar-refractivity contribution >= 4 is 28.9 Å². The first-order valence-corrected chi connectivity index (χ1v) is 7.01. The summed E-state index contributed by atoms with van der Waals surface area (Å²) in [6, 6.07) is 5.23. The predicted molar refractivity (Wildman–Crippen MR) is 82.9 cm³/mol. The summed E-state index contributed by atoms with van der Waals surface area (Å²) in [5.74, 6) is -0.113. The van der Waals surface area contributed by atoms with Crippen LogP contribution in [0.4, 0.5) is 11.4 Å². The Kier molecular flexibility index (Phi) is 6.78. The van der Waals surface area contributed by atoms with E-state index in [9.17, 15) is 4.79 Å². The second-order valence-electron chi connectivity index (χ2n) is 4.93. The minimum atomic E-state index is -0.113. The van der Waals surface area contributed by atoms with Crippen molar-refractivity contribution in [3.63, 3.8) is 0 Å². The topological polar surface area (TPSA) is 78.6 Å². The third-order valence-corrected chi connectivity index (χ3v) is 3.30. The van der Waals surface area contributed by atoms with Crippen LogP contribution in [0.15, 0.2) is 18.2 Å². The van der Waals surface area contributed by atoms with Gasteiger partial charge in [-0.1, -0.05) is 11.6 Å². The zero-order chi connectivity index (χ0) is 15.1. The Bertz CT molecular complexity index is 452. The van der Waals surface area contributed by atoms with Crippen LogP contribution in [0.1, 0.15) is 20.3 Å². The SMILES string of the molecule is CC(C)N(CCCO)CC(=O)Nc1ccc(Cl)c(N)c1. The van der Waals surface area contributed by atoms with Crippen LogP contribution >= 0.6 is 11.6 Å². The zero-order valence-electron chi connectivity index (χ0n) is 11.9. The number of hydrogen-bond donors (Lipinski definition) is 3. The van der Waals surface area contributed by atoms with E-state index >= 15 is 0 Å². The monoisotopic (exact) mass is 299 g/mol. The van der Waals surface area contributed by atoms with Crippen molar-refractivity contribution in [1.29, 1.82) is 0 Å². The molecule has 5 nitrogen and oxygen atoms in total. The molecule has 6 heteroatoms. The molecule has 20 heavy (non-hydrogen) atoms. The van der Waals surface area contributed by atoms with Crippen LogP contribution < -0.4 is 11.1 Å². The first-order chi connectivity index (χ1) is 9.43. The summed E-state index contributed by atoms with van der Waals surface area (Å²) >= 11 is 5.83. The molecule has 0 aliphatic heterocycles. The minimum absolute atomic E-state index is 0.113. The van der Waals surface area contributed by atoms with Gasteiger partial charge in [0.25, 0.3) is 0 Å². The number of nitrogens with zero attached hydrogens (tertiary/aromatic N) is 1. The molecule has 0 aliphatic carbocycles. The molecule has 0 fully saturated rings. The summed E-state index contributed by atoms with van der Waals surface area (Å²) in [5, 5.41) is 12.1. The molecule has 0 saturated heterocycles. The van der Waals surface area contributed by atoms with E-state index in [1.54, 1.807) is 18.2 Å². The number of carbonyl (C=O) groups is 1. The number of carbonyl (C=O) groups excluding carboxylic acids is 1. The van der Waals surface area contributed by atoms with Gasteiger partial charge in [-0.25, -0.2) is 0 Å². The van der Waals surface area contributed by atoms with Gasteiger partial charge in [-0.2, -0.15) is 0 Å². The van der Waals surface area contributed by atoms with E-state index in [2.05, 4.69) is 5.32 Å². The van der Waals surface area contributed by atoms with Gasteiger partial charge in [0.2, 0.25) is 5.91 Å². The van der Waals surface area contributed by atoms with E-state index in [4.69, 9.17) is 22.4 Å². The van der Waals surface area contributed by atoms with Crippen molar-refractivity contribution < 1.29 is 9.90 Å². The van der Waals surface area contributed by atoms with Crippen LogP contribution in [0.25, 0.3) is 0 Å². The van der Waals surface area contributed by atoms with Gasteiger partial charge in [0.05, 0.1) is 17.3 Å². The van der Waals surface area contributed by atoms with Crippen LogP contribution in [0, 0.1) is 0 Å². The Morgan fingerprint density at radius 3 is 2.75 bits per heavy atom. The molecule has 0 radical (unpaired) electrons. The Labute approximate surface area is 124 Å². The lowest BCUT2D eigenvalue weighted by Crippen LogP contribution is -2.39. The van der Waals surface area contributed by atoms with Gasteiger partial charge in [0, 0.05) is 24.9 Å². The molecule has 0 heterocycles. The second kappa shape index (κ2) is 8.09. The molecule has 1 aromatic carbocycles. The molecule has 0 aromatic heterocycles. The molecule has 0 bridgehead atoms. The standard InChI is InChI=1S/C14H22ClN3O2/c1-10(2)18(6-3-7-19)9-14(20)17-11-4-5-12(15)13(16)8-11/h4-5,8,10,19H,3,6-7,9,16H2,1-2H3,(H,17,20). The number of hydrogen-bond acceptors (Lipinski definition) is 4. The highest BCUT2D eigenvalue weighted by molar-refractivity contribution is 6.33. The lowest BCUT2D eigenvalue weighted by molar-refractivity contribution is -0.117. The number of anilines is 2. The summed E-state index contributed by atoms with van der Waals surface area (Å²) in [6.45, 7) is 5.12. The third kappa shape index (κ3) is 5.36. The number of amides is 1. The van der Waals surface area contributed by atoms with E-state index in [0.717, 1.165) is 0 Å². The normalized spacial score (nSPS) is 11.1. The Balaban J connectivity index is 2.58. The van der Waals surface area contributed by atoms with Crippen LogP contribution in [-0.4, -0.2) is 41.7 Å². The first kappa shape index (κ1) is 16.8. The van der Waals surface area contributed by atoms with Gasteiger partial charge in [-0.3, -0.25) is 9.69 Å². The molecule has 0 atom stereocenters. The number of aliphatic hydroxyl groups excluding tert-OH is 1. The van der Waals surface area contributed by atoms with Crippen molar-refractivity contribution in [3.8, 4) is 0 Å². The number of aliphatic hydroxyl groups is 1. The van der Waals surface area contributed by atoms with Gasteiger partial charge in [-0.15, -0.1) is 0 Å². The smallest absolute Gasteiger partial charge is 0.238 e. The molecule has 0 unspecified atom stereocenters. The van der Waals surface area contributed by atoms with Crippen molar-refractivity contribution in [1.82, 2.24) is 4.90 Å². The highest BCUT2D eigenvalue weighted by Crippen LogP contribution is 2.22. The second-order valence-corrected chi connectivity index (χ2v) is 5.33. The van der Waals surface area contributed by atoms with Crippen molar-refractivity contribution in [3.05, 3.63) is 23.2 Å². The van der Waals surface area contributed by atoms with Crippen LogP contribution in [0.3, 0.4) is 0 Å². The van der Waals surface area contributed by atoms with E-state index in [0.29, 0.717) is 29.4 Å². The molecule has 0 spiro atoms. The third-order valence-electron chi connectivity index (χ3n) is 2.96. The minimum Gasteiger partial charge on any atom is -0.397 e. The van der Waals surface area contributed by atoms with Gasteiger partial charge in [0.1, 0.15) is 0 Å². The van der Waals surface area contributed by atoms with Crippen molar-refractivity contribution in [2.75, 3.05) is 30.7 Å². The molecule has 112 valence electrons. The molecular formula is C14H22ClN3O2. The Morgan fingerprint density at radius 2 is 2.20 bits per heavy atom. The molecular weight excluding hydrogens is 278 g/mol. The summed E-state index contributed by atoms with van der Waals surface area (Å²) in [5.41, 5.74) is 6.75. The Hall–Kier alpha value is -1.30. The fourth-order valence-corrected chi connectivity index (χ4v) is 1.92. The summed E-state index contributed by atoms with van der Waals surface area (Å²) in [7, 11) is 0. The maximum atomic E-state index is 12.0. The molecule has 0 saturated carbocycles. The molecule has 0 aliphatic rings. The quantitative estimate of drug-likeness (QED) is 0.673. The highest BCUT2D eigenvalue weighted by Gasteiger charge is 2.14. The van der Waals surface area contributed by atoms with E-state index in [1.165, 1.54) is 0 Å². The summed E-state index contributed by atoms with van der Waals surface area (Å²) in [4.78, 5) is 14.0. The number of halogens is 1. The van der Waals surface area contributed by atoms with Gasteiger partial charge < -0.3 is 16.2 Å². The van der Waals surface area contributed by atoms with Crippen LogP contribution in [-0.2, 0) is 4.79 Å². The van der Waals surface area contributed by atoms with Gasteiger partial charge in [0.15, 0.2) is 0 Å². The lowest BCUT2D eigenvalue weighted by Gasteiger charge is -2.25. The number of nitrogens with one attached hydrogen (secondary N) is 1. The number of nitrogens with two attached hydrogens (primary N) is 1. The average Bonchev–Trinajstić information content (AvgIpc) is 2.38. The largest absolute Gasteiger partial charge is 0.397 e. The summed E-state index contributed by atoms with van der Waals surface area (Å²) < 4.78 is 0. The molecule has 1 rings (SSSR count). The molecule has 4 N–H and O–H groups in total. The average molecular weight is 300 g/mol.